The van der Waals surface area contributed by atoms with Crippen molar-refractivity contribution < 1.29 is 14.3 Å². The molecule has 26 heavy (non-hydrogen) atoms. The van der Waals surface area contributed by atoms with Gasteiger partial charge < -0.3 is 20.6 Å². The zero-order chi connectivity index (χ0) is 18.4. The Morgan fingerprint density at radius 3 is 2.85 bits per heavy atom. The lowest BCUT2D eigenvalue weighted by molar-refractivity contribution is -0.116. The van der Waals surface area contributed by atoms with Gasteiger partial charge in [-0.15, -0.1) is 0 Å². The molecule has 0 bridgehead atoms. The molecule has 9 nitrogen and oxygen atoms in total. The van der Waals surface area contributed by atoms with Gasteiger partial charge in [0.1, 0.15) is 0 Å². The van der Waals surface area contributed by atoms with E-state index in [0.29, 0.717) is 25.2 Å². The predicted octanol–water partition coefficient (Wildman–Crippen LogP) is 0.170. The molecular weight excluding hydrogens is 341 g/mol. The number of rotatable bonds is 6. The van der Waals surface area contributed by atoms with E-state index < -0.39 is 16.8 Å². The van der Waals surface area contributed by atoms with Crippen LogP contribution in [-0.2, 0) is 11.8 Å². The molecule has 3 N–H and O–H groups in total. The summed E-state index contributed by atoms with van der Waals surface area (Å²) in [6.45, 7) is 0.745. The summed E-state index contributed by atoms with van der Waals surface area (Å²) in [7, 11) is 1.79. The van der Waals surface area contributed by atoms with Crippen molar-refractivity contribution in [1.82, 2.24) is 25.1 Å². The third-order valence-corrected chi connectivity index (χ3v) is 5.62. The van der Waals surface area contributed by atoms with E-state index in [1.807, 2.05) is 0 Å². The molecular formula is C16H20FN7O2. The van der Waals surface area contributed by atoms with Gasteiger partial charge in [0.15, 0.2) is 11.6 Å². The molecule has 1 saturated carbocycles. The lowest BCUT2D eigenvalue weighted by Crippen LogP contribution is -2.66. The van der Waals surface area contributed by atoms with Crippen LogP contribution in [0.4, 0.5) is 21.8 Å². The Balaban J connectivity index is 1.61. The number of aliphatic hydroxyl groups excluding tert-OH is 1. The molecule has 2 fully saturated rings. The third-order valence-electron chi connectivity index (χ3n) is 5.62. The van der Waals surface area contributed by atoms with Crippen LogP contribution in [0.3, 0.4) is 0 Å². The first kappa shape index (κ1) is 16.7. The Morgan fingerprint density at radius 2 is 2.23 bits per heavy atom. The Hall–Kier alpha value is -2.75. The summed E-state index contributed by atoms with van der Waals surface area (Å²) in [5.41, 5.74) is -0.322. The molecule has 1 aliphatic carbocycles. The van der Waals surface area contributed by atoms with Gasteiger partial charge in [-0.05, 0) is 12.8 Å². The van der Waals surface area contributed by atoms with Crippen LogP contribution in [0.1, 0.15) is 12.8 Å². The molecule has 4 rings (SSSR count). The highest BCUT2D eigenvalue weighted by Crippen LogP contribution is 2.55. The molecule has 0 radical (unpaired) electrons. The number of carbonyl (C=O) groups excluding carboxylic acids is 1. The normalized spacial score (nSPS) is 27.0. The molecule has 1 saturated heterocycles. The van der Waals surface area contributed by atoms with Crippen LogP contribution >= 0.6 is 0 Å². The quantitative estimate of drug-likeness (QED) is 0.630. The fourth-order valence-corrected chi connectivity index (χ4v) is 4.07. The molecule has 3 heterocycles. The van der Waals surface area contributed by atoms with Gasteiger partial charge in [-0.2, -0.15) is 10.1 Å². The summed E-state index contributed by atoms with van der Waals surface area (Å²) >= 11 is 0. The first-order valence-corrected chi connectivity index (χ1v) is 8.36. The monoisotopic (exact) mass is 361 g/mol. The minimum Gasteiger partial charge on any atom is -0.396 e. The van der Waals surface area contributed by atoms with Crippen LogP contribution in [0, 0.1) is 11.2 Å². The van der Waals surface area contributed by atoms with Gasteiger partial charge in [-0.1, -0.05) is 0 Å². The van der Waals surface area contributed by atoms with Gasteiger partial charge in [0, 0.05) is 31.7 Å². The number of nitrogens with one attached hydrogen (secondary N) is 2. The number of amides is 1. The van der Waals surface area contributed by atoms with Crippen molar-refractivity contribution >= 4 is 23.9 Å². The van der Waals surface area contributed by atoms with Crippen molar-refractivity contribution in [3.05, 3.63) is 24.4 Å². The highest BCUT2D eigenvalue weighted by molar-refractivity contribution is 5.56. The van der Waals surface area contributed by atoms with Gasteiger partial charge in [0.05, 0.1) is 30.2 Å². The van der Waals surface area contributed by atoms with Crippen molar-refractivity contribution in [2.24, 2.45) is 12.5 Å². The summed E-state index contributed by atoms with van der Waals surface area (Å²) < 4.78 is 16.0. The summed E-state index contributed by atoms with van der Waals surface area (Å²) in [6, 6.07) is 0. The minimum absolute atomic E-state index is 0.0716. The van der Waals surface area contributed by atoms with Crippen LogP contribution in [-0.4, -0.2) is 56.5 Å². The van der Waals surface area contributed by atoms with E-state index in [1.54, 1.807) is 29.0 Å². The highest BCUT2D eigenvalue weighted by Gasteiger charge is 2.64. The second kappa shape index (κ2) is 5.90. The van der Waals surface area contributed by atoms with Crippen LogP contribution < -0.4 is 15.5 Å². The van der Waals surface area contributed by atoms with Gasteiger partial charge in [-0.3, -0.25) is 9.48 Å². The molecule has 2 atom stereocenters. The Kier molecular flexibility index (Phi) is 3.79. The van der Waals surface area contributed by atoms with E-state index in [2.05, 4.69) is 25.7 Å². The maximum atomic E-state index is 14.4. The smallest absolute Gasteiger partial charge is 0.229 e. The summed E-state index contributed by atoms with van der Waals surface area (Å²) in [5, 5.41) is 19.8. The predicted molar refractivity (Wildman–Crippen MR) is 91.4 cm³/mol. The van der Waals surface area contributed by atoms with Crippen LogP contribution in [0.5, 0.6) is 0 Å². The number of aliphatic hydroxyl groups is 1. The molecule has 2 aromatic rings. The van der Waals surface area contributed by atoms with Gasteiger partial charge in [-0.25, -0.2) is 9.37 Å². The molecule has 2 aliphatic rings. The van der Waals surface area contributed by atoms with E-state index >= 15 is 0 Å². The zero-order valence-corrected chi connectivity index (χ0v) is 14.3. The topological polar surface area (TPSA) is 108 Å². The Bertz CT molecular complexity index is 840. The molecule has 0 spiro atoms. The number of hydrogen-bond acceptors (Lipinski definition) is 7. The molecule has 10 heteroatoms. The Labute approximate surface area is 149 Å². The second-order valence-corrected chi connectivity index (χ2v) is 7.03. The van der Waals surface area contributed by atoms with Crippen LogP contribution in [0.2, 0.25) is 0 Å². The average molecular weight is 361 g/mol. The zero-order valence-electron chi connectivity index (χ0n) is 14.3. The minimum atomic E-state index is -0.544. The standard InChI is InChI=1S/C16H20FN7O2/c1-23-6-11(4-20-23)21-14-18-5-12(17)13(22-14)24-7-15(9-25)2-3-16(15,8-24)19-10-26/h4-6,10,25H,2-3,7-9H2,1H3,(H,19,26)(H,18,21,22)/t15-,16-/m1/s1. The largest absolute Gasteiger partial charge is 0.396 e. The lowest BCUT2D eigenvalue weighted by atomic mass is 9.57. The van der Waals surface area contributed by atoms with Crippen molar-refractivity contribution in [1.29, 1.82) is 0 Å². The van der Waals surface area contributed by atoms with Crippen LogP contribution in [0.25, 0.3) is 0 Å². The fraction of sp³-hybridized carbons (Fsp3) is 0.500. The Morgan fingerprint density at radius 1 is 1.38 bits per heavy atom. The molecule has 1 amide bonds. The van der Waals surface area contributed by atoms with Crippen molar-refractivity contribution in [2.45, 2.75) is 18.4 Å². The average Bonchev–Trinajstić information content (AvgIpc) is 3.11. The molecule has 1 aliphatic heterocycles. The second-order valence-electron chi connectivity index (χ2n) is 7.03. The maximum absolute atomic E-state index is 14.4. The van der Waals surface area contributed by atoms with Gasteiger partial charge in [0.25, 0.3) is 0 Å². The van der Waals surface area contributed by atoms with E-state index in [0.717, 1.165) is 19.0 Å². The fourth-order valence-electron chi connectivity index (χ4n) is 4.07. The molecule has 0 unspecified atom stereocenters. The number of nitrogens with zero attached hydrogens (tertiary/aromatic N) is 5. The number of hydrogen-bond donors (Lipinski definition) is 3. The van der Waals surface area contributed by atoms with E-state index in [4.69, 9.17) is 0 Å². The molecule has 0 aromatic carbocycles. The summed E-state index contributed by atoms with van der Waals surface area (Å²) in [4.78, 5) is 21.1. The first-order valence-electron chi connectivity index (χ1n) is 8.36. The van der Waals surface area contributed by atoms with Crippen molar-refractivity contribution in [3.8, 4) is 0 Å². The number of aryl methyl sites for hydroxylation is 1. The van der Waals surface area contributed by atoms with Crippen LogP contribution in [0.15, 0.2) is 18.6 Å². The van der Waals surface area contributed by atoms with E-state index in [9.17, 15) is 14.3 Å². The molecule has 138 valence electrons. The number of halogens is 1. The summed E-state index contributed by atoms with van der Waals surface area (Å²) in [6.07, 6.45) is 6.66. The van der Waals surface area contributed by atoms with Crippen molar-refractivity contribution in [3.63, 3.8) is 0 Å². The lowest BCUT2D eigenvalue weighted by Gasteiger charge is -2.53. The number of carbonyl (C=O) groups is 1. The number of anilines is 3. The highest BCUT2D eigenvalue weighted by atomic mass is 19.1. The third kappa shape index (κ3) is 2.40. The van der Waals surface area contributed by atoms with Gasteiger partial charge in [0.2, 0.25) is 12.4 Å². The van der Waals surface area contributed by atoms with Gasteiger partial charge >= 0.3 is 0 Å². The number of aromatic nitrogens is 4. The SMILES string of the molecule is Cn1cc(Nc2ncc(F)c(N3C[C@@]4(CO)CC[C@@]4(NC=O)C3)n2)cn1. The maximum Gasteiger partial charge on any atom is 0.229 e. The van der Waals surface area contributed by atoms with E-state index in [-0.39, 0.29) is 18.4 Å². The first-order chi connectivity index (χ1) is 12.5. The van der Waals surface area contributed by atoms with Crippen molar-refractivity contribution in [2.75, 3.05) is 29.9 Å². The van der Waals surface area contributed by atoms with E-state index in [1.165, 1.54) is 0 Å². The summed E-state index contributed by atoms with van der Waals surface area (Å²) in [5.74, 6) is -0.137. The molecule has 2 aromatic heterocycles. The number of fused-ring (bicyclic) bond motifs is 1.